The van der Waals surface area contributed by atoms with Crippen LogP contribution in [-0.4, -0.2) is 127 Å². The van der Waals surface area contributed by atoms with Gasteiger partial charge in [-0.25, -0.2) is 0 Å². The summed E-state index contributed by atoms with van der Waals surface area (Å²) in [5.41, 5.74) is 5.52. The Morgan fingerprint density at radius 2 is 1.51 bits per heavy atom. The molecule has 0 aromatic heterocycles. The number of carbonyl (C=O) groups is 2. The van der Waals surface area contributed by atoms with Crippen molar-refractivity contribution in [2.75, 3.05) is 67.4 Å². The van der Waals surface area contributed by atoms with Crippen molar-refractivity contribution in [2.45, 2.75) is 50.6 Å². The van der Waals surface area contributed by atoms with E-state index in [1.165, 1.54) is 19.3 Å². The van der Waals surface area contributed by atoms with Gasteiger partial charge in [0, 0.05) is 0 Å². The number of carbonyl (C=O) groups excluding carboxylic acids is 2. The molecule has 0 bridgehead atoms. The van der Waals surface area contributed by atoms with Crippen LogP contribution in [0, 0.1) is 17.2 Å². The van der Waals surface area contributed by atoms with E-state index in [0.29, 0.717) is 18.9 Å². The van der Waals surface area contributed by atoms with Gasteiger partial charge in [-0.1, -0.05) is 0 Å². The second-order valence-corrected chi connectivity index (χ2v) is 9.81. The van der Waals surface area contributed by atoms with E-state index in [1.807, 2.05) is 4.90 Å². The Morgan fingerprint density at radius 1 is 1.00 bits per heavy atom. The van der Waals surface area contributed by atoms with Crippen LogP contribution in [0.25, 0.3) is 0 Å². The first-order chi connectivity index (χ1) is 18.7. The standard InChI is InChI=1S/C12H24BN5O3.C11H22BN3O3/c1-17(21-2)11(19)10(16-8-13-20)6-9-4-3-5-18(7-9)12(14)15;1-15(18-2)11(16)10(14-8-12-17)6-9-4-3-5-13-7-9/h9-10,16H,3-8H2,1-2H3,(H3,14,15);9-10,13-14H,3-8H2,1-2H3. The number of hydrogen-bond acceptors (Lipinski definition) is 10. The molecule has 2 heterocycles. The molecule has 2 rings (SSSR count). The van der Waals surface area contributed by atoms with Gasteiger partial charge < -0.3 is 0 Å². The molecule has 0 saturated carbocycles. The predicted octanol–water partition coefficient (Wildman–Crippen LogP) is -1.67. The molecule has 6 N–H and O–H groups in total. The third-order valence-corrected chi connectivity index (χ3v) is 7.06. The van der Waals surface area contributed by atoms with Gasteiger partial charge in [-0.3, -0.25) is 0 Å². The van der Waals surface area contributed by atoms with Crippen molar-refractivity contribution in [2.24, 2.45) is 17.6 Å². The SMILES string of the molecule is CON(C)C(=O)C(CC1CCCN(C(=N)N)C1)NCB=O.CON(C)C(=O)C(CC1CCCNC1)NCB=O. The topological polar surface area (TPSA) is 182 Å². The van der Waals surface area contributed by atoms with Crippen molar-refractivity contribution in [3.8, 4) is 0 Å². The van der Waals surface area contributed by atoms with Crippen LogP contribution in [-0.2, 0) is 28.7 Å². The average Bonchev–Trinajstić information content (AvgIpc) is 2.96. The number of rotatable bonds is 14. The molecule has 2 saturated heterocycles. The van der Waals surface area contributed by atoms with Gasteiger partial charge in [-0.15, -0.1) is 0 Å². The number of likely N-dealkylation sites (N-methyl/N-ethyl adjacent to an activating group) is 2. The van der Waals surface area contributed by atoms with Crippen LogP contribution >= 0.6 is 0 Å². The fourth-order valence-corrected chi connectivity index (χ4v) is 4.81. The summed E-state index contributed by atoms with van der Waals surface area (Å²) >= 11 is 0. The maximum atomic E-state index is 12.2. The maximum absolute atomic E-state index is 12.2. The van der Waals surface area contributed by atoms with E-state index in [2.05, 4.69) is 16.0 Å². The van der Waals surface area contributed by atoms with E-state index >= 15 is 0 Å². The molecule has 4 unspecified atom stereocenters. The molecule has 39 heavy (non-hydrogen) atoms. The number of amides is 2. The number of likely N-dealkylation sites (tertiary alicyclic amines) is 1. The molecule has 2 amide bonds. The summed E-state index contributed by atoms with van der Waals surface area (Å²) in [6, 6.07) is -0.831. The quantitative estimate of drug-likeness (QED) is 0.0719. The van der Waals surface area contributed by atoms with Gasteiger partial charge in [0.15, 0.2) is 0 Å². The molecule has 14 nitrogen and oxygen atoms in total. The second-order valence-electron chi connectivity index (χ2n) is 9.81. The zero-order chi connectivity index (χ0) is 29.2. The number of hydroxylamine groups is 4. The third-order valence-electron chi connectivity index (χ3n) is 7.06. The summed E-state index contributed by atoms with van der Waals surface area (Å²) in [6.07, 6.45) is 5.81. The van der Waals surface area contributed by atoms with E-state index in [-0.39, 0.29) is 42.6 Å². The first kappa shape index (κ1) is 34.8. The summed E-state index contributed by atoms with van der Waals surface area (Å²) in [5, 5.41) is 19.1. The molecular formula is C23H46B2N8O6. The Hall–Kier alpha value is -2.26. The molecule has 2 aliphatic heterocycles. The average molecular weight is 552 g/mol. The van der Waals surface area contributed by atoms with Gasteiger partial charge in [-0.2, -0.15) is 0 Å². The minimum atomic E-state index is -0.475. The molecule has 16 heteroatoms. The van der Waals surface area contributed by atoms with Gasteiger partial charge >= 0.3 is 233 Å². The molecule has 220 valence electrons. The Kier molecular flexibility index (Phi) is 17.6. The zero-order valence-electron chi connectivity index (χ0n) is 23.8. The van der Waals surface area contributed by atoms with Crippen LogP contribution in [0.3, 0.4) is 0 Å². The van der Waals surface area contributed by atoms with Crippen molar-refractivity contribution in [3.63, 3.8) is 0 Å². The van der Waals surface area contributed by atoms with Crippen LogP contribution in [0.15, 0.2) is 0 Å². The van der Waals surface area contributed by atoms with Crippen molar-refractivity contribution in [3.05, 3.63) is 0 Å². The number of hydrogen-bond donors (Lipinski definition) is 5. The minimum absolute atomic E-state index is 0.0671. The molecule has 0 aromatic carbocycles. The van der Waals surface area contributed by atoms with Crippen LogP contribution in [0.1, 0.15) is 38.5 Å². The van der Waals surface area contributed by atoms with Crippen LogP contribution < -0.4 is 21.7 Å². The summed E-state index contributed by atoms with van der Waals surface area (Å²) in [7, 11) is 7.50. The number of piperidine rings is 2. The monoisotopic (exact) mass is 552 g/mol. The molecular weight excluding hydrogens is 506 g/mol. The number of guanidine groups is 1. The van der Waals surface area contributed by atoms with E-state index in [4.69, 9.17) is 20.8 Å². The zero-order valence-corrected chi connectivity index (χ0v) is 23.8. The fourth-order valence-electron chi connectivity index (χ4n) is 4.81. The molecule has 0 aliphatic carbocycles. The van der Waals surface area contributed by atoms with Gasteiger partial charge in [-0.05, 0) is 0 Å². The summed E-state index contributed by atoms with van der Waals surface area (Å²) in [6.45, 7) is 3.43. The van der Waals surface area contributed by atoms with E-state index in [9.17, 15) is 19.0 Å². The Morgan fingerprint density at radius 3 is 1.95 bits per heavy atom. The van der Waals surface area contributed by atoms with Crippen LogP contribution in [0.2, 0.25) is 0 Å². The Labute approximate surface area is 233 Å². The van der Waals surface area contributed by atoms with Crippen molar-refractivity contribution < 1.29 is 28.7 Å². The van der Waals surface area contributed by atoms with E-state index in [1.54, 1.807) is 14.1 Å². The number of nitrogens with zero attached hydrogens (tertiary/aromatic N) is 3. The van der Waals surface area contributed by atoms with Crippen LogP contribution in [0.5, 0.6) is 0 Å². The number of nitrogens with two attached hydrogens (primary N) is 1. The molecule has 2 fully saturated rings. The van der Waals surface area contributed by atoms with Gasteiger partial charge in [0.05, 0.1) is 0 Å². The fraction of sp³-hybridized carbons (Fsp3) is 0.870. The van der Waals surface area contributed by atoms with Crippen molar-refractivity contribution >= 4 is 32.1 Å². The molecule has 0 spiro atoms. The van der Waals surface area contributed by atoms with Gasteiger partial charge in [0.1, 0.15) is 0 Å². The predicted molar refractivity (Wildman–Crippen MR) is 147 cm³/mol. The van der Waals surface area contributed by atoms with Crippen molar-refractivity contribution in [1.29, 1.82) is 5.41 Å². The summed E-state index contributed by atoms with van der Waals surface area (Å²) in [4.78, 5) is 35.9. The number of nitrogens with one attached hydrogen (secondary N) is 4. The Balaban J connectivity index is 0.000000395. The first-order valence-electron chi connectivity index (χ1n) is 13.4. The summed E-state index contributed by atoms with van der Waals surface area (Å²) < 4.78 is 21.0. The third kappa shape index (κ3) is 13.1. The Bertz CT molecular complexity index is 777. The first-order valence-corrected chi connectivity index (χ1v) is 13.4. The van der Waals surface area contributed by atoms with Gasteiger partial charge in [0.25, 0.3) is 0 Å². The molecule has 0 radical (unpaired) electrons. The summed E-state index contributed by atoms with van der Waals surface area (Å²) in [5.74, 6) is 0.444. The van der Waals surface area contributed by atoms with Crippen molar-refractivity contribution in [1.82, 2.24) is 31.0 Å². The molecule has 2 aliphatic rings. The second kappa shape index (κ2) is 19.7. The van der Waals surface area contributed by atoms with Crippen LogP contribution in [0.4, 0.5) is 0 Å². The molecule has 4 atom stereocenters. The van der Waals surface area contributed by atoms with Gasteiger partial charge in [0.2, 0.25) is 0 Å². The van der Waals surface area contributed by atoms with E-state index in [0.717, 1.165) is 71.1 Å². The molecule has 0 aromatic rings. The normalized spacial score (nSPS) is 20.4. The van der Waals surface area contributed by atoms with E-state index < -0.39 is 6.04 Å².